The molecule has 0 aromatic rings. The van der Waals surface area contributed by atoms with E-state index >= 15 is 0 Å². The topological polar surface area (TPSA) is 36.5 Å². The third-order valence-electron chi connectivity index (χ3n) is 5.95. The van der Waals surface area contributed by atoms with E-state index in [0.29, 0.717) is 35.7 Å². The summed E-state index contributed by atoms with van der Waals surface area (Å²) >= 11 is 0. The first-order valence-corrected chi connectivity index (χ1v) is 8.77. The lowest BCUT2D eigenvalue weighted by Gasteiger charge is -2.40. The minimum atomic E-state index is 0.320. The summed E-state index contributed by atoms with van der Waals surface area (Å²) in [5, 5.41) is 3.95. The number of likely N-dealkylation sites (tertiary alicyclic amines) is 1. The molecule has 0 aromatic heterocycles. The summed E-state index contributed by atoms with van der Waals surface area (Å²) in [7, 11) is 0. The maximum Gasteiger partial charge on any atom is 0.0818 e. The van der Waals surface area contributed by atoms with E-state index < -0.39 is 0 Å². The number of hydrogen-bond donors (Lipinski definition) is 2. The first kappa shape index (κ1) is 15.7. The highest BCUT2D eigenvalue weighted by Crippen LogP contribution is 2.38. The predicted molar refractivity (Wildman–Crippen MR) is 85.7 cm³/mol. The Bertz CT molecular complexity index is 358. The van der Waals surface area contributed by atoms with Crippen molar-refractivity contribution in [1.82, 2.24) is 15.7 Å². The Hall–Kier alpha value is -0.160. The zero-order chi connectivity index (χ0) is 15.2. The van der Waals surface area contributed by atoms with E-state index in [4.69, 9.17) is 4.84 Å². The first-order chi connectivity index (χ1) is 9.86. The quantitative estimate of drug-likeness (QED) is 0.820. The van der Waals surface area contributed by atoms with Crippen LogP contribution < -0.4 is 10.8 Å². The second-order valence-corrected chi connectivity index (χ2v) is 8.56. The Morgan fingerprint density at radius 3 is 2.62 bits per heavy atom. The van der Waals surface area contributed by atoms with Crippen molar-refractivity contribution in [2.45, 2.75) is 78.2 Å². The second-order valence-electron chi connectivity index (χ2n) is 8.56. The average Bonchev–Trinajstić information content (AvgIpc) is 2.97. The van der Waals surface area contributed by atoms with Crippen molar-refractivity contribution in [3.05, 3.63) is 0 Å². The first-order valence-electron chi connectivity index (χ1n) is 8.77. The Labute approximate surface area is 129 Å². The molecule has 0 aliphatic carbocycles. The van der Waals surface area contributed by atoms with Crippen LogP contribution in [0.2, 0.25) is 0 Å². The van der Waals surface area contributed by atoms with Gasteiger partial charge in [0.15, 0.2) is 0 Å². The number of hydroxylamine groups is 1. The molecule has 0 aromatic carbocycles. The van der Waals surface area contributed by atoms with Gasteiger partial charge in [-0.2, -0.15) is 5.48 Å². The SMILES string of the molecule is CC1NOC(C)C1CN1CCCC2CC(C(C)(C)C)NC21. The van der Waals surface area contributed by atoms with Crippen LogP contribution in [0.15, 0.2) is 0 Å². The van der Waals surface area contributed by atoms with Gasteiger partial charge < -0.3 is 0 Å². The third-order valence-corrected chi connectivity index (χ3v) is 5.95. The fourth-order valence-electron chi connectivity index (χ4n) is 4.40. The van der Waals surface area contributed by atoms with Crippen LogP contribution in [0.3, 0.4) is 0 Å². The molecule has 3 rings (SSSR count). The molecule has 0 bridgehead atoms. The molecule has 3 aliphatic heterocycles. The number of hydrogen-bond acceptors (Lipinski definition) is 4. The summed E-state index contributed by atoms with van der Waals surface area (Å²) in [5.41, 5.74) is 3.52. The van der Waals surface area contributed by atoms with E-state index in [1.54, 1.807) is 0 Å². The molecule has 0 saturated carbocycles. The average molecular weight is 295 g/mol. The second kappa shape index (κ2) is 5.80. The lowest BCUT2D eigenvalue weighted by atomic mass is 9.82. The van der Waals surface area contributed by atoms with Gasteiger partial charge in [0.05, 0.1) is 12.3 Å². The Morgan fingerprint density at radius 2 is 2.00 bits per heavy atom. The van der Waals surface area contributed by atoms with Gasteiger partial charge in [0.25, 0.3) is 0 Å². The molecule has 3 saturated heterocycles. The molecular weight excluding hydrogens is 262 g/mol. The molecule has 4 nitrogen and oxygen atoms in total. The highest BCUT2D eigenvalue weighted by Gasteiger charge is 2.44. The van der Waals surface area contributed by atoms with Gasteiger partial charge in [-0.1, -0.05) is 20.8 Å². The lowest BCUT2D eigenvalue weighted by Crippen LogP contribution is -2.54. The molecule has 0 amide bonds. The van der Waals surface area contributed by atoms with Gasteiger partial charge in [-0.3, -0.25) is 15.1 Å². The number of nitrogens with one attached hydrogen (secondary N) is 2. The van der Waals surface area contributed by atoms with Crippen molar-refractivity contribution in [1.29, 1.82) is 0 Å². The zero-order valence-corrected chi connectivity index (χ0v) is 14.4. The van der Waals surface area contributed by atoms with Crippen LogP contribution in [0, 0.1) is 17.3 Å². The molecule has 0 spiro atoms. The van der Waals surface area contributed by atoms with Crippen molar-refractivity contribution in [2.75, 3.05) is 13.1 Å². The van der Waals surface area contributed by atoms with E-state index in [1.807, 2.05) is 0 Å². The molecule has 21 heavy (non-hydrogen) atoms. The number of rotatable bonds is 2. The number of nitrogens with zero attached hydrogens (tertiary/aromatic N) is 1. The van der Waals surface area contributed by atoms with Crippen molar-refractivity contribution in [2.24, 2.45) is 17.3 Å². The molecule has 3 fully saturated rings. The predicted octanol–water partition coefficient (Wildman–Crippen LogP) is 2.36. The fourth-order valence-corrected chi connectivity index (χ4v) is 4.40. The van der Waals surface area contributed by atoms with Crippen molar-refractivity contribution >= 4 is 0 Å². The lowest BCUT2D eigenvalue weighted by molar-refractivity contribution is 0.0189. The maximum atomic E-state index is 5.61. The van der Waals surface area contributed by atoms with E-state index in [0.717, 1.165) is 12.5 Å². The van der Waals surface area contributed by atoms with Crippen LogP contribution in [0.5, 0.6) is 0 Å². The summed E-state index contributed by atoms with van der Waals surface area (Å²) in [6.07, 6.45) is 4.99. The van der Waals surface area contributed by atoms with E-state index in [2.05, 4.69) is 50.3 Å². The summed E-state index contributed by atoms with van der Waals surface area (Å²) in [4.78, 5) is 8.31. The normalized spacial score (nSPS) is 45.0. The van der Waals surface area contributed by atoms with Crippen LogP contribution in [0.1, 0.15) is 53.9 Å². The zero-order valence-electron chi connectivity index (χ0n) is 14.4. The largest absolute Gasteiger partial charge is 0.298 e. The third kappa shape index (κ3) is 3.14. The van der Waals surface area contributed by atoms with Gasteiger partial charge in [-0.25, -0.2) is 0 Å². The molecule has 2 N–H and O–H groups in total. The minimum absolute atomic E-state index is 0.320. The molecule has 0 radical (unpaired) electrons. The van der Waals surface area contributed by atoms with Crippen molar-refractivity contribution in [3.8, 4) is 0 Å². The standard InChI is InChI=1S/C17H33N3O/c1-11-14(12(2)21-19-11)10-20-8-6-7-13-9-15(17(3,4)5)18-16(13)20/h11-16,18-19H,6-10H2,1-5H3. The highest BCUT2D eigenvalue weighted by molar-refractivity contribution is 4.98. The van der Waals surface area contributed by atoms with Crippen molar-refractivity contribution < 1.29 is 4.84 Å². The Kier molecular flexibility index (Phi) is 4.34. The highest BCUT2D eigenvalue weighted by atomic mass is 16.7. The van der Waals surface area contributed by atoms with E-state index in [1.165, 1.54) is 25.8 Å². The van der Waals surface area contributed by atoms with Gasteiger partial charge in [0.1, 0.15) is 0 Å². The molecule has 6 atom stereocenters. The monoisotopic (exact) mass is 295 g/mol. The summed E-state index contributed by atoms with van der Waals surface area (Å²) in [6, 6.07) is 1.11. The van der Waals surface area contributed by atoms with Crippen LogP contribution in [-0.4, -0.2) is 42.3 Å². The van der Waals surface area contributed by atoms with Gasteiger partial charge in [0, 0.05) is 24.5 Å². The molecular formula is C17H33N3O. The molecule has 3 heterocycles. The van der Waals surface area contributed by atoms with Gasteiger partial charge >= 0.3 is 0 Å². The smallest absolute Gasteiger partial charge is 0.0818 e. The number of piperidine rings is 1. The Morgan fingerprint density at radius 1 is 1.24 bits per heavy atom. The van der Waals surface area contributed by atoms with E-state index in [9.17, 15) is 0 Å². The molecule has 3 aliphatic rings. The molecule has 122 valence electrons. The van der Waals surface area contributed by atoms with Gasteiger partial charge in [0.2, 0.25) is 0 Å². The molecule has 6 unspecified atom stereocenters. The fraction of sp³-hybridized carbons (Fsp3) is 1.00. The Balaban J connectivity index is 1.66. The van der Waals surface area contributed by atoms with Crippen LogP contribution in [0.25, 0.3) is 0 Å². The maximum absolute atomic E-state index is 5.61. The summed E-state index contributed by atoms with van der Waals surface area (Å²) in [5.74, 6) is 1.43. The van der Waals surface area contributed by atoms with Gasteiger partial charge in [-0.05, 0) is 51.0 Å². The summed E-state index contributed by atoms with van der Waals surface area (Å²) in [6.45, 7) is 13.9. The van der Waals surface area contributed by atoms with Crippen LogP contribution in [-0.2, 0) is 4.84 Å². The minimum Gasteiger partial charge on any atom is -0.298 e. The van der Waals surface area contributed by atoms with E-state index in [-0.39, 0.29) is 0 Å². The van der Waals surface area contributed by atoms with Crippen LogP contribution >= 0.6 is 0 Å². The molecule has 4 heteroatoms. The van der Waals surface area contributed by atoms with Crippen molar-refractivity contribution in [3.63, 3.8) is 0 Å². The van der Waals surface area contributed by atoms with Crippen LogP contribution in [0.4, 0.5) is 0 Å². The number of fused-ring (bicyclic) bond motifs is 1. The van der Waals surface area contributed by atoms with Gasteiger partial charge in [-0.15, -0.1) is 0 Å². The summed E-state index contributed by atoms with van der Waals surface area (Å²) < 4.78 is 0.